The van der Waals surface area contributed by atoms with Crippen LogP contribution in [0.25, 0.3) is 0 Å². The van der Waals surface area contributed by atoms with E-state index in [9.17, 15) is 0 Å². The molecule has 0 unspecified atom stereocenters. The largest absolute Gasteiger partial charge is 0.199 e. The maximum Gasteiger partial charge on any atom is 0.0587 e. The van der Waals surface area contributed by atoms with Gasteiger partial charge in [-0.1, -0.05) is 182 Å². The fraction of sp³-hybridized carbons (Fsp3) is 0.953. The van der Waals surface area contributed by atoms with Gasteiger partial charge in [0.1, 0.15) is 0 Å². The Kier molecular flexibility index (Phi) is 54.7. The number of hydrogen-bond acceptors (Lipinski definition) is 2. The Morgan fingerprint density at radius 3 is 0.617 bits per heavy atom. The van der Waals surface area contributed by atoms with Gasteiger partial charge in [-0.2, -0.15) is 10.5 Å². The number of nitrogens with zero attached hydrogens (tertiary/aromatic N) is 2. The van der Waals surface area contributed by atoms with Crippen molar-refractivity contribution in [3.05, 3.63) is 0 Å². The van der Waals surface area contributed by atoms with Gasteiger partial charge in [-0.05, 0) is 69.1 Å². The van der Waals surface area contributed by atoms with Gasteiger partial charge in [0.15, 0.2) is 0 Å². The standard InChI is InChI=1S/C39H82P2.2C2H3N/c1-5-9-13-17-21-25-29-34-40(35-30-26-22-18-14-10-6-2)38-33-39-41(36-31-27-23-19-15-11-7-3)37-32-28-24-20-16-12-8-4;2*1-2-3/h5-39H2,1-4H3;2*1H3. The molecule has 47 heavy (non-hydrogen) atoms. The minimum Gasteiger partial charge on any atom is -0.199 e. The van der Waals surface area contributed by atoms with Crippen LogP contribution in [0, 0.1) is 22.7 Å². The summed E-state index contributed by atoms with van der Waals surface area (Å²) < 4.78 is 0. The number of unbranched alkanes of at least 4 members (excludes halogenated alkanes) is 24. The Morgan fingerprint density at radius 2 is 0.426 bits per heavy atom. The highest BCUT2D eigenvalue weighted by molar-refractivity contribution is 7.58. The van der Waals surface area contributed by atoms with E-state index in [0.29, 0.717) is 15.8 Å². The van der Waals surface area contributed by atoms with E-state index in [0.717, 1.165) is 0 Å². The van der Waals surface area contributed by atoms with Crippen LogP contribution in [0.5, 0.6) is 0 Å². The second kappa shape index (κ2) is 50.2. The highest BCUT2D eigenvalue weighted by atomic mass is 31.1. The van der Waals surface area contributed by atoms with E-state index in [-0.39, 0.29) is 0 Å². The van der Waals surface area contributed by atoms with E-state index in [1.165, 1.54) is 168 Å². The maximum absolute atomic E-state index is 7.32. The first-order chi connectivity index (χ1) is 23.1. The van der Waals surface area contributed by atoms with Crippen molar-refractivity contribution in [3.8, 4) is 12.1 Å². The van der Waals surface area contributed by atoms with Crippen molar-refractivity contribution in [1.29, 1.82) is 10.5 Å². The Balaban J connectivity index is -0.00000297. The van der Waals surface area contributed by atoms with Crippen LogP contribution in [0.2, 0.25) is 0 Å². The normalized spacial score (nSPS) is 10.7. The smallest absolute Gasteiger partial charge is 0.0587 e. The van der Waals surface area contributed by atoms with Crippen molar-refractivity contribution < 1.29 is 0 Å². The third-order valence-electron chi connectivity index (χ3n) is 9.26. The summed E-state index contributed by atoms with van der Waals surface area (Å²) in [5, 5.41) is 14.6. The van der Waals surface area contributed by atoms with Crippen molar-refractivity contribution in [2.24, 2.45) is 0 Å². The van der Waals surface area contributed by atoms with Gasteiger partial charge in [0.05, 0.1) is 12.1 Å². The lowest BCUT2D eigenvalue weighted by molar-refractivity contribution is 0.599. The lowest BCUT2D eigenvalue weighted by Gasteiger charge is -2.22. The Hall–Kier alpha value is -0.160. The molecule has 4 heteroatoms. The van der Waals surface area contributed by atoms with E-state index in [2.05, 4.69) is 27.7 Å². The quantitative estimate of drug-likeness (QED) is 0.0484. The summed E-state index contributed by atoms with van der Waals surface area (Å²) >= 11 is 0. The first-order valence-electron chi connectivity index (χ1n) is 21.2. The lowest BCUT2D eigenvalue weighted by atomic mass is 10.1. The Bertz CT molecular complexity index is 524. The molecule has 0 spiro atoms. The minimum absolute atomic E-state index is 0.314. The summed E-state index contributed by atoms with van der Waals surface area (Å²) in [7, 11) is 0.629. The van der Waals surface area contributed by atoms with Gasteiger partial charge in [-0.3, -0.25) is 0 Å². The van der Waals surface area contributed by atoms with E-state index >= 15 is 0 Å². The van der Waals surface area contributed by atoms with Gasteiger partial charge in [-0.25, -0.2) is 0 Å². The maximum atomic E-state index is 7.32. The molecule has 0 fully saturated rings. The van der Waals surface area contributed by atoms with Crippen LogP contribution in [-0.2, 0) is 0 Å². The summed E-state index contributed by atoms with van der Waals surface area (Å²) in [5.74, 6) is 0. The predicted molar refractivity (Wildman–Crippen MR) is 222 cm³/mol. The lowest BCUT2D eigenvalue weighted by Crippen LogP contribution is -2.02. The Labute approximate surface area is 302 Å². The van der Waals surface area contributed by atoms with Crippen LogP contribution in [-0.4, -0.2) is 37.0 Å². The number of nitriles is 2. The van der Waals surface area contributed by atoms with Gasteiger partial charge >= 0.3 is 0 Å². The highest BCUT2D eigenvalue weighted by Gasteiger charge is 2.12. The van der Waals surface area contributed by atoms with Gasteiger partial charge in [-0.15, -0.1) is 15.8 Å². The fourth-order valence-corrected chi connectivity index (χ4v) is 11.8. The van der Waals surface area contributed by atoms with E-state index in [1.54, 1.807) is 81.2 Å². The topological polar surface area (TPSA) is 47.6 Å². The SMILES string of the molecule is CC#N.CC#N.CCCCCCCCCP(CCCCCCCCC)CCCP(CCCCCCCCC)CCCCCCCCC. The highest BCUT2D eigenvalue weighted by Crippen LogP contribution is 2.43. The van der Waals surface area contributed by atoms with Crippen molar-refractivity contribution >= 4 is 15.8 Å². The van der Waals surface area contributed by atoms with Crippen molar-refractivity contribution in [2.45, 2.75) is 228 Å². The molecule has 0 radical (unpaired) electrons. The van der Waals surface area contributed by atoms with Crippen LogP contribution in [0.3, 0.4) is 0 Å². The molecule has 0 atom stereocenters. The summed E-state index contributed by atoms with van der Waals surface area (Å²) in [6, 6.07) is 3.50. The summed E-state index contributed by atoms with van der Waals surface area (Å²) in [5.41, 5.74) is 0. The molecule has 0 saturated heterocycles. The molecule has 0 aromatic rings. The average molecular weight is 695 g/mol. The first kappa shape index (κ1) is 51.2. The van der Waals surface area contributed by atoms with Crippen molar-refractivity contribution in [1.82, 2.24) is 0 Å². The summed E-state index contributed by atoms with van der Waals surface area (Å²) in [6.45, 7) is 12.2. The third kappa shape index (κ3) is 50.3. The molecule has 0 rings (SSSR count). The molecule has 0 saturated carbocycles. The van der Waals surface area contributed by atoms with Crippen LogP contribution in [0.1, 0.15) is 228 Å². The second-order valence-electron chi connectivity index (χ2n) is 14.0. The zero-order chi connectivity index (χ0) is 35.3. The van der Waals surface area contributed by atoms with E-state index < -0.39 is 0 Å². The molecule has 0 aliphatic heterocycles. The predicted octanol–water partition coefficient (Wildman–Crippen LogP) is 16.4. The van der Waals surface area contributed by atoms with E-state index in [1.807, 2.05) is 0 Å². The monoisotopic (exact) mass is 695 g/mol. The third-order valence-corrected chi connectivity index (χ3v) is 15.0. The first-order valence-corrected chi connectivity index (χ1v) is 25.0. The molecule has 0 aromatic heterocycles. The molecular weight excluding hydrogens is 606 g/mol. The number of rotatable bonds is 36. The summed E-state index contributed by atoms with van der Waals surface area (Å²) in [6.07, 6.45) is 52.7. The van der Waals surface area contributed by atoms with Crippen molar-refractivity contribution in [2.75, 3.05) is 37.0 Å². The molecule has 0 aromatic carbocycles. The summed E-state index contributed by atoms with van der Waals surface area (Å²) in [4.78, 5) is 0. The second-order valence-corrected chi connectivity index (χ2v) is 19.3. The van der Waals surface area contributed by atoms with Crippen LogP contribution < -0.4 is 0 Å². The van der Waals surface area contributed by atoms with Gasteiger partial charge in [0.2, 0.25) is 0 Å². The molecular formula is C43H88N2P2. The fourth-order valence-electron chi connectivity index (χ4n) is 6.36. The molecule has 0 aliphatic rings. The molecule has 0 aliphatic carbocycles. The molecule has 2 nitrogen and oxygen atoms in total. The zero-order valence-electron chi connectivity index (χ0n) is 33.5. The van der Waals surface area contributed by atoms with E-state index in [4.69, 9.17) is 10.5 Å². The zero-order valence-corrected chi connectivity index (χ0v) is 35.3. The van der Waals surface area contributed by atoms with Gasteiger partial charge < -0.3 is 0 Å². The minimum atomic E-state index is 0.314. The van der Waals surface area contributed by atoms with Gasteiger partial charge in [0.25, 0.3) is 0 Å². The molecule has 280 valence electrons. The van der Waals surface area contributed by atoms with Crippen molar-refractivity contribution in [3.63, 3.8) is 0 Å². The van der Waals surface area contributed by atoms with Gasteiger partial charge in [0, 0.05) is 13.8 Å². The van der Waals surface area contributed by atoms with Crippen LogP contribution in [0.15, 0.2) is 0 Å². The van der Waals surface area contributed by atoms with Crippen LogP contribution >= 0.6 is 15.8 Å². The van der Waals surface area contributed by atoms with Crippen LogP contribution in [0.4, 0.5) is 0 Å². The molecule has 0 heterocycles. The average Bonchev–Trinajstić information content (AvgIpc) is 3.06. The number of hydrogen-bond donors (Lipinski definition) is 0. The molecule has 0 N–H and O–H groups in total. The Morgan fingerprint density at radius 1 is 0.277 bits per heavy atom. The molecule has 0 amide bonds. The molecule has 0 bridgehead atoms.